The van der Waals surface area contributed by atoms with E-state index in [1.54, 1.807) is 36.4 Å². The molecule has 4 bridgehead atoms. The molecule has 8 heteroatoms. The average molecular weight is 440 g/mol. The lowest BCUT2D eigenvalue weighted by molar-refractivity contribution is 0.170. The Balaban J connectivity index is 0.00000204. The van der Waals surface area contributed by atoms with Crippen LogP contribution in [0.4, 0.5) is 15.8 Å². The normalized spacial score (nSPS) is 28.4. The Morgan fingerprint density at radius 1 is 1.10 bits per heavy atom. The van der Waals surface area contributed by atoms with E-state index < -0.39 is 10.2 Å². The molecule has 1 aliphatic carbocycles. The molecule has 3 atom stereocenters. The van der Waals surface area contributed by atoms with Crippen molar-refractivity contribution in [2.24, 2.45) is 11.0 Å². The fourth-order valence-electron chi connectivity index (χ4n) is 5.22. The fourth-order valence-corrected chi connectivity index (χ4v) is 6.47. The van der Waals surface area contributed by atoms with Gasteiger partial charge in [-0.05, 0) is 30.7 Å². The van der Waals surface area contributed by atoms with Crippen LogP contribution >= 0.6 is 0 Å². The van der Waals surface area contributed by atoms with E-state index in [1.807, 2.05) is 12.3 Å². The Bertz CT molecular complexity index is 1240. The molecule has 5 aliphatic heterocycles. The predicted octanol–water partition coefficient (Wildman–Crippen LogP) is 4.02. The zero-order chi connectivity index (χ0) is 20.5. The lowest BCUT2D eigenvalue weighted by Gasteiger charge is -2.51. The third kappa shape index (κ3) is 2.75. The quantitative estimate of drug-likeness (QED) is 0.732. The summed E-state index contributed by atoms with van der Waals surface area (Å²) in [5.74, 6) is -0.232. The summed E-state index contributed by atoms with van der Waals surface area (Å²) < 4.78 is 44.1. The second kappa shape index (κ2) is 6.85. The Morgan fingerprint density at radius 2 is 1.84 bits per heavy atom. The van der Waals surface area contributed by atoms with Crippen LogP contribution in [0.15, 0.2) is 82.6 Å². The third-order valence-corrected chi connectivity index (χ3v) is 8.08. The van der Waals surface area contributed by atoms with Crippen LogP contribution in [0.2, 0.25) is 0 Å². The molecule has 0 aromatic heterocycles. The van der Waals surface area contributed by atoms with Crippen molar-refractivity contribution in [3.05, 3.63) is 83.3 Å². The van der Waals surface area contributed by atoms with Gasteiger partial charge in [0.2, 0.25) is 0 Å². The molecule has 1 saturated heterocycles. The van der Waals surface area contributed by atoms with Gasteiger partial charge < -0.3 is 0 Å². The van der Waals surface area contributed by atoms with Gasteiger partial charge in [0.1, 0.15) is 11.4 Å². The second-order valence-electron chi connectivity index (χ2n) is 8.10. The van der Waals surface area contributed by atoms with Crippen LogP contribution in [0.1, 0.15) is 13.8 Å². The summed E-state index contributed by atoms with van der Waals surface area (Å²) in [7, 11) is -3.65. The summed E-state index contributed by atoms with van der Waals surface area (Å²) in [6.07, 6.45) is 4.79. The zero-order valence-corrected chi connectivity index (χ0v) is 16.9. The Morgan fingerprint density at radius 3 is 2.58 bits per heavy atom. The van der Waals surface area contributed by atoms with Crippen molar-refractivity contribution in [3.63, 3.8) is 0 Å². The highest BCUT2D eigenvalue weighted by atomic mass is 32.2. The molecule has 31 heavy (non-hydrogen) atoms. The molecule has 5 heterocycles. The van der Waals surface area contributed by atoms with Gasteiger partial charge in [0, 0.05) is 37.0 Å². The highest BCUT2D eigenvalue weighted by molar-refractivity contribution is 7.90. The minimum Gasteiger partial charge on any atom is -0.271 e. The maximum atomic E-state index is 13.5. The Kier molecular flexibility index (Phi) is 4.44. The number of piperidine rings is 1. The van der Waals surface area contributed by atoms with Gasteiger partial charge in [-0.3, -0.25) is 4.72 Å². The lowest BCUT2D eigenvalue weighted by atomic mass is 9.71. The van der Waals surface area contributed by atoms with Gasteiger partial charge in [0.25, 0.3) is 0 Å². The number of anilines is 1. The summed E-state index contributed by atoms with van der Waals surface area (Å²) in [5, 5.41) is 4.76. The van der Waals surface area contributed by atoms with E-state index in [9.17, 15) is 12.8 Å². The number of para-hydroxylation sites is 1. The fraction of sp³-hybridized carbons (Fsp3) is 0.261. The van der Waals surface area contributed by atoms with Crippen LogP contribution in [0.5, 0.6) is 0 Å². The Hall–Kier alpha value is -2.81. The number of nitrogens with one attached hydrogen (secondary N) is 1. The van der Waals surface area contributed by atoms with Crippen LogP contribution < -0.4 is 9.31 Å². The summed E-state index contributed by atoms with van der Waals surface area (Å²) in [6, 6.07) is 15.4. The molecule has 2 aromatic carbocycles. The summed E-state index contributed by atoms with van der Waals surface area (Å²) in [4.78, 5) is 0. The van der Waals surface area contributed by atoms with E-state index >= 15 is 0 Å². The standard InChI is InChI=1S/C22H20FN4O2S.CH4/c23-16-6-8-18(9-7-16)27-21-12-15-10-11-26(14-20(15)22(27)19(21)13-24-27)30(28,29)25-17-4-2-1-3-5-17;/h1-9,12-13,20,22,25H,10-11,14H2;1H4/q+1;. The van der Waals surface area contributed by atoms with Gasteiger partial charge in [0.15, 0.2) is 17.4 Å². The van der Waals surface area contributed by atoms with E-state index in [0.717, 1.165) is 11.4 Å². The SMILES string of the molecule is C.O=S(=O)(Nc1ccccc1)N1CCC2=CC3=C4C=N[N+]3(c3ccc(F)cc3)C4C2C1. The van der Waals surface area contributed by atoms with E-state index in [4.69, 9.17) is 5.10 Å². The van der Waals surface area contributed by atoms with Crippen molar-refractivity contribution < 1.29 is 12.8 Å². The van der Waals surface area contributed by atoms with Crippen LogP contribution in [-0.2, 0) is 10.2 Å². The van der Waals surface area contributed by atoms with Crippen LogP contribution in [0, 0.1) is 11.7 Å². The first-order valence-corrected chi connectivity index (χ1v) is 11.4. The Labute approximate surface area is 181 Å². The molecular formula is C23H24FN4O2S+. The van der Waals surface area contributed by atoms with E-state index in [0.29, 0.717) is 29.8 Å². The van der Waals surface area contributed by atoms with Crippen molar-refractivity contribution in [3.8, 4) is 0 Å². The number of hydrogen-bond donors (Lipinski definition) is 1. The average Bonchev–Trinajstić information content (AvgIpc) is 3.34. The third-order valence-electron chi connectivity index (χ3n) is 6.57. The molecule has 3 unspecified atom stereocenters. The first kappa shape index (κ1) is 20.1. The highest BCUT2D eigenvalue weighted by Crippen LogP contribution is 2.57. The zero-order valence-electron chi connectivity index (χ0n) is 16.1. The van der Waals surface area contributed by atoms with E-state index in [1.165, 1.54) is 27.6 Å². The first-order chi connectivity index (χ1) is 14.5. The molecular weight excluding hydrogens is 415 g/mol. The summed E-state index contributed by atoms with van der Waals surface area (Å²) >= 11 is 0. The molecule has 6 aliphatic rings. The van der Waals surface area contributed by atoms with Crippen molar-refractivity contribution >= 4 is 27.8 Å². The maximum absolute atomic E-state index is 13.5. The number of hydrogen-bond acceptors (Lipinski definition) is 3. The number of quaternary nitrogens is 1. The van der Waals surface area contributed by atoms with Crippen molar-refractivity contribution in [2.75, 3.05) is 17.8 Å². The molecule has 6 nitrogen and oxygen atoms in total. The van der Waals surface area contributed by atoms with Gasteiger partial charge in [0.05, 0.1) is 12.1 Å². The van der Waals surface area contributed by atoms with Gasteiger partial charge in [-0.2, -0.15) is 12.7 Å². The maximum Gasteiger partial charge on any atom is 0.301 e. The number of allylic oxidation sites excluding steroid dienone is 1. The molecule has 0 spiro atoms. The molecule has 160 valence electrons. The molecule has 0 saturated carbocycles. The molecule has 8 rings (SSSR count). The summed E-state index contributed by atoms with van der Waals surface area (Å²) in [6.45, 7) is 0.858. The van der Waals surface area contributed by atoms with E-state index in [2.05, 4.69) is 10.8 Å². The highest BCUT2D eigenvalue weighted by Gasteiger charge is 2.67. The smallest absolute Gasteiger partial charge is 0.271 e. The lowest BCUT2D eigenvalue weighted by Crippen LogP contribution is -2.65. The molecule has 0 radical (unpaired) electrons. The minimum absolute atomic E-state index is 0. The van der Waals surface area contributed by atoms with Crippen LogP contribution in [0.25, 0.3) is 0 Å². The van der Waals surface area contributed by atoms with Gasteiger partial charge in [-0.25, -0.2) is 4.39 Å². The van der Waals surface area contributed by atoms with Crippen molar-refractivity contribution in [1.82, 2.24) is 8.90 Å². The first-order valence-electron chi connectivity index (χ1n) is 9.98. The number of nitrogens with zero attached hydrogens (tertiary/aromatic N) is 3. The molecule has 2 aromatic rings. The largest absolute Gasteiger partial charge is 0.301 e. The second-order valence-corrected chi connectivity index (χ2v) is 9.77. The van der Waals surface area contributed by atoms with Gasteiger partial charge in [-0.15, -0.1) is 4.59 Å². The van der Waals surface area contributed by atoms with E-state index in [-0.39, 0.29) is 25.2 Å². The van der Waals surface area contributed by atoms with Gasteiger partial charge >= 0.3 is 10.2 Å². The van der Waals surface area contributed by atoms with Crippen molar-refractivity contribution in [1.29, 1.82) is 0 Å². The minimum atomic E-state index is -3.65. The monoisotopic (exact) mass is 439 g/mol. The number of benzene rings is 2. The van der Waals surface area contributed by atoms with Crippen molar-refractivity contribution in [2.45, 2.75) is 19.9 Å². The topological polar surface area (TPSA) is 61.8 Å². The summed E-state index contributed by atoms with van der Waals surface area (Å²) in [5.41, 5.74) is 5.05. The molecule has 1 fully saturated rings. The predicted molar refractivity (Wildman–Crippen MR) is 121 cm³/mol. The van der Waals surface area contributed by atoms with Crippen LogP contribution in [-0.4, -0.2) is 38.1 Å². The number of halogens is 1. The molecule has 0 amide bonds. The van der Waals surface area contributed by atoms with Gasteiger partial charge in [-0.1, -0.05) is 36.3 Å². The molecule has 1 N–H and O–H groups in total. The van der Waals surface area contributed by atoms with Crippen LogP contribution in [0.3, 0.4) is 0 Å². The number of rotatable bonds is 4.